The lowest BCUT2D eigenvalue weighted by molar-refractivity contribution is -0.141. The summed E-state index contributed by atoms with van der Waals surface area (Å²) < 4.78 is 39.8. The Kier molecular flexibility index (Phi) is 4.86. The van der Waals surface area contributed by atoms with Gasteiger partial charge in [0.15, 0.2) is 5.69 Å². The quantitative estimate of drug-likeness (QED) is 0.925. The first-order valence-electron chi connectivity index (χ1n) is 6.17. The molecular weight excluding hydrogens is 269 g/mol. The van der Waals surface area contributed by atoms with E-state index in [1.807, 2.05) is 13.8 Å². The fourth-order valence-electron chi connectivity index (χ4n) is 1.81. The number of rotatable bonds is 4. The van der Waals surface area contributed by atoms with Crippen LogP contribution in [0.1, 0.15) is 38.1 Å². The topological polar surface area (TPSA) is 47.1 Å². The van der Waals surface area contributed by atoms with Crippen molar-refractivity contribution >= 4 is 5.82 Å². The van der Waals surface area contributed by atoms with Crippen LogP contribution in [0.2, 0.25) is 0 Å². The van der Waals surface area contributed by atoms with Crippen LogP contribution in [-0.2, 0) is 6.18 Å². The minimum atomic E-state index is -4.46. The van der Waals surface area contributed by atoms with Gasteiger partial charge in [0.25, 0.3) is 0 Å². The van der Waals surface area contributed by atoms with Gasteiger partial charge in [-0.15, -0.1) is 0 Å². The van der Waals surface area contributed by atoms with E-state index in [-0.39, 0.29) is 5.92 Å². The summed E-state index contributed by atoms with van der Waals surface area (Å²) in [6.07, 6.45) is 0.0795. The second kappa shape index (κ2) is 6.02. The van der Waals surface area contributed by atoms with Crippen molar-refractivity contribution in [1.82, 2.24) is 14.7 Å². The molecule has 1 heterocycles. The molecule has 0 aliphatic heterocycles. The average molecular weight is 288 g/mol. The molecule has 7 heteroatoms. The van der Waals surface area contributed by atoms with Crippen LogP contribution in [0.25, 0.3) is 5.82 Å². The molecule has 1 rings (SSSR count). The van der Waals surface area contributed by atoms with E-state index in [2.05, 4.69) is 5.10 Å². The summed E-state index contributed by atoms with van der Waals surface area (Å²) in [7, 11) is 1.69. The zero-order valence-electron chi connectivity index (χ0n) is 11.9. The largest absolute Gasteiger partial charge is 0.435 e. The Morgan fingerprint density at radius 3 is 2.45 bits per heavy atom. The normalized spacial score (nSPS) is 13.5. The van der Waals surface area contributed by atoms with Crippen molar-refractivity contribution in [2.24, 2.45) is 5.73 Å². The lowest BCUT2D eigenvalue weighted by Gasteiger charge is -2.21. The van der Waals surface area contributed by atoms with Crippen LogP contribution < -0.4 is 5.73 Å². The molecule has 0 saturated carbocycles. The lowest BCUT2D eigenvalue weighted by Crippen LogP contribution is -2.19. The van der Waals surface area contributed by atoms with Crippen LogP contribution >= 0.6 is 0 Å². The van der Waals surface area contributed by atoms with Crippen molar-refractivity contribution in [3.63, 3.8) is 0 Å². The van der Waals surface area contributed by atoms with Gasteiger partial charge in [-0.25, -0.2) is 4.68 Å². The highest BCUT2D eigenvalue weighted by atomic mass is 19.4. The molecule has 0 aliphatic rings. The van der Waals surface area contributed by atoms with E-state index in [9.17, 15) is 13.2 Å². The number of halogens is 3. The Balaban J connectivity index is 3.38. The smallest absolute Gasteiger partial charge is 0.403 e. The molecule has 0 fully saturated rings. The maximum Gasteiger partial charge on any atom is 0.435 e. The van der Waals surface area contributed by atoms with Gasteiger partial charge in [0, 0.05) is 25.1 Å². The predicted octanol–water partition coefficient (Wildman–Crippen LogP) is 3.21. The van der Waals surface area contributed by atoms with Crippen molar-refractivity contribution in [2.75, 3.05) is 7.05 Å². The highest BCUT2D eigenvalue weighted by Gasteiger charge is 2.35. The molecule has 4 nitrogen and oxygen atoms in total. The monoisotopic (exact) mass is 288 g/mol. The standard InChI is InChI=1S/C13H19F3N4/c1-5-12(19(4)7-6-17)20-10(9(2)3)8-11(18-20)13(14,15)16/h5-9H,17H2,1-4H3/b7-6-,12-5+. The molecule has 0 aromatic carbocycles. The number of alkyl halides is 3. The first kappa shape index (κ1) is 16.1. The third kappa shape index (κ3) is 3.34. The first-order valence-corrected chi connectivity index (χ1v) is 6.17. The summed E-state index contributed by atoms with van der Waals surface area (Å²) in [4.78, 5) is 1.61. The lowest BCUT2D eigenvalue weighted by atomic mass is 10.1. The second-order valence-electron chi connectivity index (χ2n) is 4.62. The van der Waals surface area contributed by atoms with Gasteiger partial charge >= 0.3 is 6.18 Å². The van der Waals surface area contributed by atoms with Crippen molar-refractivity contribution in [3.05, 3.63) is 35.9 Å². The maximum absolute atomic E-state index is 12.8. The van der Waals surface area contributed by atoms with Crippen molar-refractivity contribution in [1.29, 1.82) is 0 Å². The summed E-state index contributed by atoms with van der Waals surface area (Å²) >= 11 is 0. The molecule has 1 aromatic heterocycles. The number of nitrogens with two attached hydrogens (primary N) is 1. The molecule has 0 aliphatic carbocycles. The first-order chi connectivity index (χ1) is 9.22. The predicted molar refractivity (Wildman–Crippen MR) is 72.4 cm³/mol. The van der Waals surface area contributed by atoms with Gasteiger partial charge in [-0.05, 0) is 25.0 Å². The molecule has 0 radical (unpaired) electrons. The van der Waals surface area contributed by atoms with E-state index in [4.69, 9.17) is 5.73 Å². The average Bonchev–Trinajstić information content (AvgIpc) is 2.75. The van der Waals surface area contributed by atoms with Crippen molar-refractivity contribution in [3.8, 4) is 0 Å². The summed E-state index contributed by atoms with van der Waals surface area (Å²) in [6.45, 7) is 5.37. The van der Waals surface area contributed by atoms with Gasteiger partial charge in [-0.1, -0.05) is 13.8 Å². The van der Waals surface area contributed by atoms with E-state index in [0.29, 0.717) is 11.5 Å². The van der Waals surface area contributed by atoms with Crippen LogP contribution in [0, 0.1) is 0 Å². The molecule has 0 bridgehead atoms. The highest BCUT2D eigenvalue weighted by Crippen LogP contribution is 2.31. The van der Waals surface area contributed by atoms with Gasteiger partial charge in [0.1, 0.15) is 5.82 Å². The minimum absolute atomic E-state index is 0.0937. The van der Waals surface area contributed by atoms with Crippen molar-refractivity contribution in [2.45, 2.75) is 32.9 Å². The molecule has 112 valence electrons. The zero-order chi connectivity index (χ0) is 15.5. The molecule has 0 amide bonds. The fraction of sp³-hybridized carbons (Fsp3) is 0.462. The second-order valence-corrected chi connectivity index (χ2v) is 4.62. The summed E-state index contributed by atoms with van der Waals surface area (Å²) in [5.41, 5.74) is 4.90. The number of nitrogens with zero attached hydrogens (tertiary/aromatic N) is 3. The van der Waals surface area contributed by atoms with Crippen LogP contribution in [-0.4, -0.2) is 21.7 Å². The van der Waals surface area contributed by atoms with E-state index < -0.39 is 11.9 Å². The van der Waals surface area contributed by atoms with Gasteiger partial charge in [-0.3, -0.25) is 0 Å². The highest BCUT2D eigenvalue weighted by molar-refractivity contribution is 5.45. The molecular formula is C13H19F3N4. The maximum atomic E-state index is 12.8. The van der Waals surface area contributed by atoms with Gasteiger partial charge in [0.05, 0.1) is 0 Å². The fourth-order valence-corrected chi connectivity index (χ4v) is 1.81. The van der Waals surface area contributed by atoms with Gasteiger partial charge < -0.3 is 10.6 Å². The zero-order valence-corrected chi connectivity index (χ0v) is 11.9. The molecule has 20 heavy (non-hydrogen) atoms. The van der Waals surface area contributed by atoms with E-state index in [0.717, 1.165) is 6.07 Å². The molecule has 1 aromatic rings. The van der Waals surface area contributed by atoms with Crippen LogP contribution in [0.4, 0.5) is 13.2 Å². The van der Waals surface area contributed by atoms with Crippen molar-refractivity contribution < 1.29 is 13.2 Å². The summed E-state index contributed by atoms with van der Waals surface area (Å²) in [5, 5.41) is 3.68. The Morgan fingerprint density at radius 2 is 2.05 bits per heavy atom. The molecule has 0 spiro atoms. The third-order valence-electron chi connectivity index (χ3n) is 2.77. The van der Waals surface area contributed by atoms with E-state index in [1.54, 1.807) is 31.1 Å². The third-order valence-corrected chi connectivity index (χ3v) is 2.77. The Bertz CT molecular complexity index is 512. The van der Waals surface area contributed by atoms with E-state index >= 15 is 0 Å². The summed E-state index contributed by atoms with van der Waals surface area (Å²) in [5.74, 6) is 0.412. The molecule has 0 unspecified atom stereocenters. The SMILES string of the molecule is C/C=C(\N(C)/C=C\N)n1nc(C(F)(F)F)cc1C(C)C. The minimum Gasteiger partial charge on any atom is -0.403 e. The molecule has 0 saturated heterocycles. The van der Waals surface area contributed by atoms with Crippen LogP contribution in [0.3, 0.4) is 0 Å². The molecule has 0 atom stereocenters. The number of allylic oxidation sites excluding steroid dienone is 1. The Hall–Kier alpha value is -1.92. The van der Waals surface area contributed by atoms with Gasteiger partial charge in [-0.2, -0.15) is 18.3 Å². The number of aromatic nitrogens is 2. The number of hydrogen-bond acceptors (Lipinski definition) is 3. The number of hydrogen-bond donors (Lipinski definition) is 1. The Labute approximate surface area is 116 Å². The molecule has 2 N–H and O–H groups in total. The summed E-state index contributed by atoms with van der Waals surface area (Å²) in [6, 6.07) is 1.08. The Morgan fingerprint density at radius 1 is 1.45 bits per heavy atom. The van der Waals surface area contributed by atoms with Crippen LogP contribution in [0.15, 0.2) is 24.5 Å². The van der Waals surface area contributed by atoms with Gasteiger partial charge in [0.2, 0.25) is 0 Å². The van der Waals surface area contributed by atoms with E-state index in [1.165, 1.54) is 10.9 Å². The van der Waals surface area contributed by atoms with Crippen LogP contribution in [0.5, 0.6) is 0 Å².